The third-order valence-electron chi connectivity index (χ3n) is 5.12. The fourth-order valence-electron chi connectivity index (χ4n) is 3.42. The quantitative estimate of drug-likeness (QED) is 0.525. The van der Waals surface area contributed by atoms with E-state index in [0.29, 0.717) is 12.5 Å². The van der Waals surface area contributed by atoms with Crippen molar-refractivity contribution < 1.29 is 14.0 Å². The van der Waals surface area contributed by atoms with Crippen LogP contribution < -0.4 is 4.90 Å². The Hall–Kier alpha value is -3.05. The molecule has 150 valence electrons. The van der Waals surface area contributed by atoms with E-state index in [9.17, 15) is 0 Å². The molecule has 0 radical (unpaired) electrons. The van der Waals surface area contributed by atoms with Crippen molar-refractivity contribution in [2.45, 2.75) is 46.6 Å². The van der Waals surface area contributed by atoms with Crippen molar-refractivity contribution >= 4 is 5.88 Å². The number of rotatable bonds is 6. The van der Waals surface area contributed by atoms with Crippen molar-refractivity contribution in [2.24, 2.45) is 0 Å². The topological polar surface area (TPSA) is 47.7 Å². The van der Waals surface area contributed by atoms with Gasteiger partial charge >= 0.3 is 0 Å². The Balaban J connectivity index is 1.70. The summed E-state index contributed by atoms with van der Waals surface area (Å²) in [4.78, 5) is 1.97. The molecule has 1 aliphatic heterocycles. The number of aromatic nitrogens is 1. The first-order valence-electron chi connectivity index (χ1n) is 9.88. The molecule has 29 heavy (non-hydrogen) atoms. The largest absolute Gasteiger partial charge is 0.472 e. The summed E-state index contributed by atoms with van der Waals surface area (Å²) in [5.41, 5.74) is 6.39. The van der Waals surface area contributed by atoms with Crippen molar-refractivity contribution in [3.05, 3.63) is 83.4 Å². The van der Waals surface area contributed by atoms with E-state index in [1.54, 1.807) is 6.26 Å². The number of nitrogens with zero attached hydrogens (tertiary/aromatic N) is 2. The molecular weight excluding hydrogens is 364 g/mol. The first-order valence-corrected chi connectivity index (χ1v) is 9.88. The molecule has 1 atom stereocenters. The van der Waals surface area contributed by atoms with Gasteiger partial charge in [0.05, 0.1) is 18.4 Å². The lowest BCUT2D eigenvalue weighted by Crippen LogP contribution is -2.20. The van der Waals surface area contributed by atoms with E-state index in [4.69, 9.17) is 14.0 Å². The van der Waals surface area contributed by atoms with Crippen molar-refractivity contribution in [3.8, 4) is 11.1 Å². The normalized spacial score (nSPS) is 15.9. The molecule has 0 fully saturated rings. The van der Waals surface area contributed by atoms with Gasteiger partial charge in [0.1, 0.15) is 6.26 Å². The van der Waals surface area contributed by atoms with Gasteiger partial charge in [-0.3, -0.25) is 4.90 Å². The summed E-state index contributed by atoms with van der Waals surface area (Å²) < 4.78 is 17.4. The molecule has 1 aliphatic rings. The summed E-state index contributed by atoms with van der Waals surface area (Å²) in [5.74, 6) is 0.702. The van der Waals surface area contributed by atoms with E-state index in [2.05, 4.69) is 47.6 Å². The van der Waals surface area contributed by atoms with Gasteiger partial charge in [-0.15, -0.1) is 0 Å². The van der Waals surface area contributed by atoms with Gasteiger partial charge in [-0.05, 0) is 50.5 Å². The third-order valence-corrected chi connectivity index (χ3v) is 5.12. The number of hydrogen-bond acceptors (Lipinski definition) is 5. The number of aryl methyl sites for hydroxylation is 1. The van der Waals surface area contributed by atoms with Crippen LogP contribution in [0.1, 0.15) is 42.5 Å². The van der Waals surface area contributed by atoms with Gasteiger partial charge in [-0.25, -0.2) is 0 Å². The minimum Gasteiger partial charge on any atom is -0.472 e. The van der Waals surface area contributed by atoms with Gasteiger partial charge in [0.15, 0.2) is 0 Å². The van der Waals surface area contributed by atoms with Crippen LogP contribution in [0.15, 0.2) is 65.5 Å². The molecule has 2 aromatic carbocycles. The number of benzene rings is 2. The third kappa shape index (κ3) is 3.91. The standard InChI is InChI=1S/C24H26N2O3/c1-16(2)28-15-21-14-20(10-11-22(21)19-8-6-5-7-9-19)24-26(12-13-27-24)23-17(3)18(4)25-29-23/h5-14,16,24H,15H2,1-4H3. The van der Waals surface area contributed by atoms with Crippen molar-refractivity contribution in [3.63, 3.8) is 0 Å². The average molecular weight is 390 g/mol. The first-order chi connectivity index (χ1) is 14.0. The molecule has 2 heterocycles. The Morgan fingerprint density at radius 1 is 1.10 bits per heavy atom. The molecule has 0 bridgehead atoms. The van der Waals surface area contributed by atoms with Gasteiger partial charge < -0.3 is 14.0 Å². The molecule has 4 rings (SSSR count). The minimum atomic E-state index is -0.302. The predicted octanol–water partition coefficient (Wildman–Crippen LogP) is 5.89. The van der Waals surface area contributed by atoms with Crippen LogP contribution in [0.2, 0.25) is 0 Å². The van der Waals surface area contributed by atoms with E-state index in [1.165, 1.54) is 11.1 Å². The first kappa shape index (κ1) is 19.3. The molecule has 3 aromatic rings. The zero-order valence-corrected chi connectivity index (χ0v) is 17.3. The Kier molecular flexibility index (Phi) is 5.41. The fourth-order valence-corrected chi connectivity index (χ4v) is 3.42. The zero-order valence-electron chi connectivity index (χ0n) is 17.3. The summed E-state index contributed by atoms with van der Waals surface area (Å²) in [5, 5.41) is 4.08. The van der Waals surface area contributed by atoms with Gasteiger partial charge in [0.25, 0.3) is 0 Å². The van der Waals surface area contributed by atoms with Crippen LogP contribution in [0.25, 0.3) is 11.1 Å². The minimum absolute atomic E-state index is 0.156. The van der Waals surface area contributed by atoms with Gasteiger partial charge in [-0.1, -0.05) is 47.6 Å². The molecule has 0 aliphatic carbocycles. The molecule has 0 saturated carbocycles. The van der Waals surface area contributed by atoms with Crippen LogP contribution in [0.5, 0.6) is 0 Å². The Morgan fingerprint density at radius 3 is 2.59 bits per heavy atom. The molecule has 5 heteroatoms. The molecule has 0 spiro atoms. The fraction of sp³-hybridized carbons (Fsp3) is 0.292. The van der Waals surface area contributed by atoms with Gasteiger partial charge in [-0.2, -0.15) is 0 Å². The highest BCUT2D eigenvalue weighted by Crippen LogP contribution is 2.37. The molecule has 0 N–H and O–H groups in total. The molecule has 1 unspecified atom stereocenters. The summed E-state index contributed by atoms with van der Waals surface area (Å²) in [6, 6.07) is 16.8. The summed E-state index contributed by atoms with van der Waals surface area (Å²) in [6.45, 7) is 8.58. The Bertz CT molecular complexity index is 1010. The average Bonchev–Trinajstić information content (AvgIpc) is 3.34. The van der Waals surface area contributed by atoms with E-state index < -0.39 is 0 Å². The summed E-state index contributed by atoms with van der Waals surface area (Å²) in [7, 11) is 0. The zero-order chi connectivity index (χ0) is 20.4. The lowest BCUT2D eigenvalue weighted by Gasteiger charge is -2.23. The smallest absolute Gasteiger partial charge is 0.237 e. The van der Waals surface area contributed by atoms with Gasteiger partial charge in [0.2, 0.25) is 12.1 Å². The van der Waals surface area contributed by atoms with Gasteiger partial charge in [0, 0.05) is 17.3 Å². The van der Waals surface area contributed by atoms with Crippen LogP contribution in [-0.4, -0.2) is 11.3 Å². The van der Waals surface area contributed by atoms with E-state index >= 15 is 0 Å². The predicted molar refractivity (Wildman–Crippen MR) is 113 cm³/mol. The van der Waals surface area contributed by atoms with Crippen LogP contribution in [-0.2, 0) is 16.1 Å². The SMILES string of the molecule is Cc1noc(N2C=COC2c2ccc(-c3ccccc3)c(COC(C)C)c2)c1C. The lowest BCUT2D eigenvalue weighted by atomic mass is 9.97. The molecule has 5 nitrogen and oxygen atoms in total. The summed E-state index contributed by atoms with van der Waals surface area (Å²) >= 11 is 0. The highest BCUT2D eigenvalue weighted by atomic mass is 16.5. The molecular formula is C24H26N2O3. The van der Waals surface area contributed by atoms with Crippen molar-refractivity contribution in [2.75, 3.05) is 4.90 Å². The molecule has 1 aromatic heterocycles. The number of ether oxygens (including phenoxy) is 2. The van der Waals surface area contributed by atoms with E-state index in [0.717, 1.165) is 22.4 Å². The maximum absolute atomic E-state index is 5.94. The Morgan fingerprint density at radius 2 is 1.90 bits per heavy atom. The van der Waals surface area contributed by atoms with E-state index in [-0.39, 0.29) is 12.3 Å². The van der Waals surface area contributed by atoms with Crippen molar-refractivity contribution in [1.82, 2.24) is 5.16 Å². The lowest BCUT2D eigenvalue weighted by molar-refractivity contribution is 0.0658. The monoisotopic (exact) mass is 390 g/mol. The highest BCUT2D eigenvalue weighted by Gasteiger charge is 2.29. The summed E-state index contributed by atoms with van der Waals surface area (Å²) in [6.07, 6.45) is 3.43. The van der Waals surface area contributed by atoms with E-state index in [1.807, 2.05) is 44.9 Å². The second-order valence-electron chi connectivity index (χ2n) is 7.52. The number of anilines is 1. The van der Waals surface area contributed by atoms with Crippen molar-refractivity contribution in [1.29, 1.82) is 0 Å². The maximum Gasteiger partial charge on any atom is 0.237 e. The number of hydrogen-bond donors (Lipinski definition) is 0. The Labute approximate surface area is 171 Å². The van der Waals surface area contributed by atoms with Crippen LogP contribution in [0, 0.1) is 13.8 Å². The molecule has 0 saturated heterocycles. The van der Waals surface area contributed by atoms with Crippen LogP contribution >= 0.6 is 0 Å². The van der Waals surface area contributed by atoms with Crippen LogP contribution in [0.3, 0.4) is 0 Å². The second kappa shape index (κ2) is 8.13. The maximum atomic E-state index is 5.94. The van der Waals surface area contributed by atoms with Crippen LogP contribution in [0.4, 0.5) is 5.88 Å². The molecule has 0 amide bonds. The second-order valence-corrected chi connectivity index (χ2v) is 7.52. The highest BCUT2D eigenvalue weighted by molar-refractivity contribution is 5.68.